The first-order valence-corrected chi connectivity index (χ1v) is 11.0. The maximum absolute atomic E-state index is 12.0. The first kappa shape index (κ1) is 19.8. The van der Waals surface area contributed by atoms with Crippen molar-refractivity contribution in [2.24, 2.45) is 11.3 Å². The number of carbonyl (C=O) groups excluding carboxylic acids is 1. The zero-order valence-corrected chi connectivity index (χ0v) is 17.4. The SMILES string of the molecule is CCOC(=O)N1CCC2(CC(N3CCC(C4NC=CN4CCOC)CC3)C2)C1. The molecule has 4 rings (SSSR count). The van der Waals surface area contributed by atoms with Crippen molar-refractivity contribution in [2.75, 3.05) is 53.0 Å². The molecule has 158 valence electrons. The molecule has 3 aliphatic heterocycles. The van der Waals surface area contributed by atoms with Gasteiger partial charge in [-0.2, -0.15) is 0 Å². The third-order valence-corrected chi connectivity index (χ3v) is 7.28. The summed E-state index contributed by atoms with van der Waals surface area (Å²) in [6.07, 6.45) is 10.7. The highest BCUT2D eigenvalue weighted by molar-refractivity contribution is 5.68. The van der Waals surface area contributed by atoms with Crippen molar-refractivity contribution in [1.29, 1.82) is 0 Å². The van der Waals surface area contributed by atoms with Crippen LogP contribution in [0.15, 0.2) is 12.4 Å². The minimum absolute atomic E-state index is 0.126. The fraction of sp³-hybridized carbons (Fsp3) is 0.857. The van der Waals surface area contributed by atoms with E-state index >= 15 is 0 Å². The number of hydrogen-bond acceptors (Lipinski definition) is 6. The number of amides is 1. The highest BCUT2D eigenvalue weighted by Crippen LogP contribution is 2.50. The van der Waals surface area contributed by atoms with Crippen LogP contribution in [0.1, 0.15) is 39.0 Å². The molecule has 3 fully saturated rings. The molecule has 0 bridgehead atoms. The fourth-order valence-corrected chi connectivity index (χ4v) is 5.68. The summed E-state index contributed by atoms with van der Waals surface area (Å²) in [5, 5.41) is 3.54. The van der Waals surface area contributed by atoms with Crippen molar-refractivity contribution >= 4 is 6.09 Å². The second-order valence-corrected chi connectivity index (χ2v) is 8.96. The third kappa shape index (κ3) is 3.96. The second kappa shape index (κ2) is 8.49. The lowest BCUT2D eigenvalue weighted by Gasteiger charge is -2.52. The molecule has 1 saturated carbocycles. The Kier molecular flexibility index (Phi) is 6.01. The number of ether oxygens (including phenoxy) is 2. The second-order valence-electron chi connectivity index (χ2n) is 8.96. The molecule has 1 N–H and O–H groups in total. The first-order chi connectivity index (χ1) is 13.6. The third-order valence-electron chi connectivity index (χ3n) is 7.28. The molecule has 0 aromatic heterocycles. The zero-order valence-electron chi connectivity index (χ0n) is 17.4. The number of methoxy groups -OCH3 is 1. The average Bonchev–Trinajstić information content (AvgIpc) is 3.33. The molecule has 0 aromatic rings. The quantitative estimate of drug-likeness (QED) is 0.747. The Hall–Kier alpha value is -1.47. The standard InChI is InChI=1S/C21H36N4O3/c1-3-28-20(26)25-10-6-21(16-25)14-18(15-21)23-8-4-17(5-9-23)19-22-7-11-24(19)12-13-27-2/h7,11,17-19,22H,3-6,8-10,12-16H2,1-2H3. The van der Waals surface area contributed by atoms with Gasteiger partial charge in [-0.15, -0.1) is 0 Å². The molecule has 4 aliphatic rings. The molecular weight excluding hydrogens is 356 g/mol. The number of rotatable bonds is 6. The summed E-state index contributed by atoms with van der Waals surface area (Å²) in [4.78, 5) is 19.0. The van der Waals surface area contributed by atoms with Crippen LogP contribution in [0.25, 0.3) is 0 Å². The van der Waals surface area contributed by atoms with Crippen LogP contribution in [0.4, 0.5) is 4.79 Å². The molecule has 1 spiro atoms. The van der Waals surface area contributed by atoms with Gasteiger partial charge < -0.3 is 29.5 Å². The summed E-state index contributed by atoms with van der Waals surface area (Å²) < 4.78 is 10.4. The Morgan fingerprint density at radius 1 is 1.25 bits per heavy atom. The van der Waals surface area contributed by atoms with E-state index in [1.807, 2.05) is 11.8 Å². The molecule has 2 saturated heterocycles. The van der Waals surface area contributed by atoms with Crippen molar-refractivity contribution in [1.82, 2.24) is 20.0 Å². The van der Waals surface area contributed by atoms with Gasteiger partial charge in [0.2, 0.25) is 0 Å². The van der Waals surface area contributed by atoms with E-state index in [1.165, 1.54) is 38.8 Å². The van der Waals surface area contributed by atoms with Gasteiger partial charge in [-0.25, -0.2) is 4.79 Å². The number of nitrogens with one attached hydrogen (secondary N) is 1. The van der Waals surface area contributed by atoms with Crippen molar-refractivity contribution in [3.8, 4) is 0 Å². The number of nitrogens with zero attached hydrogens (tertiary/aromatic N) is 3. The van der Waals surface area contributed by atoms with Gasteiger partial charge in [-0.05, 0) is 57.5 Å². The lowest BCUT2D eigenvalue weighted by Crippen LogP contribution is -2.56. The molecule has 1 amide bonds. The van der Waals surface area contributed by atoms with E-state index in [0.717, 1.165) is 32.7 Å². The lowest BCUT2D eigenvalue weighted by molar-refractivity contribution is -0.0169. The number of likely N-dealkylation sites (tertiary alicyclic amines) is 2. The van der Waals surface area contributed by atoms with Gasteiger partial charge in [0.1, 0.15) is 6.17 Å². The van der Waals surface area contributed by atoms with Gasteiger partial charge in [0.25, 0.3) is 0 Å². The summed E-state index contributed by atoms with van der Waals surface area (Å²) in [7, 11) is 1.77. The highest BCUT2D eigenvalue weighted by atomic mass is 16.6. The van der Waals surface area contributed by atoms with E-state index in [0.29, 0.717) is 30.1 Å². The van der Waals surface area contributed by atoms with E-state index in [2.05, 4.69) is 27.5 Å². The molecular formula is C21H36N4O3. The van der Waals surface area contributed by atoms with Crippen LogP contribution in [0.2, 0.25) is 0 Å². The van der Waals surface area contributed by atoms with Gasteiger partial charge in [0.15, 0.2) is 0 Å². The zero-order chi connectivity index (χ0) is 19.6. The molecule has 0 radical (unpaired) electrons. The van der Waals surface area contributed by atoms with Crippen molar-refractivity contribution in [2.45, 2.75) is 51.2 Å². The van der Waals surface area contributed by atoms with Gasteiger partial charge in [-0.3, -0.25) is 0 Å². The lowest BCUT2D eigenvalue weighted by atomic mass is 9.64. The Morgan fingerprint density at radius 2 is 2.04 bits per heavy atom. The molecule has 3 heterocycles. The van der Waals surface area contributed by atoms with E-state index in [4.69, 9.17) is 9.47 Å². The molecule has 1 aliphatic carbocycles. The van der Waals surface area contributed by atoms with E-state index in [9.17, 15) is 4.79 Å². The smallest absolute Gasteiger partial charge is 0.409 e. The van der Waals surface area contributed by atoms with E-state index in [1.54, 1.807) is 7.11 Å². The number of piperidine rings is 1. The molecule has 1 unspecified atom stereocenters. The first-order valence-electron chi connectivity index (χ1n) is 11.0. The molecule has 7 heteroatoms. The Balaban J connectivity index is 1.20. The largest absolute Gasteiger partial charge is 0.450 e. The summed E-state index contributed by atoms with van der Waals surface area (Å²) in [5.41, 5.74) is 0.363. The maximum atomic E-state index is 12.0. The van der Waals surface area contributed by atoms with Gasteiger partial charge >= 0.3 is 6.09 Å². The van der Waals surface area contributed by atoms with Gasteiger partial charge in [0, 0.05) is 51.1 Å². The van der Waals surface area contributed by atoms with Crippen LogP contribution in [-0.4, -0.2) is 86.0 Å². The average molecular weight is 393 g/mol. The predicted molar refractivity (Wildman–Crippen MR) is 108 cm³/mol. The van der Waals surface area contributed by atoms with Crippen LogP contribution in [0.5, 0.6) is 0 Å². The molecule has 7 nitrogen and oxygen atoms in total. The van der Waals surface area contributed by atoms with Crippen molar-refractivity contribution in [3.63, 3.8) is 0 Å². The highest BCUT2D eigenvalue weighted by Gasteiger charge is 2.51. The van der Waals surface area contributed by atoms with Gasteiger partial charge in [-0.1, -0.05) is 0 Å². The topological polar surface area (TPSA) is 57.3 Å². The van der Waals surface area contributed by atoms with Crippen molar-refractivity contribution < 1.29 is 14.3 Å². The minimum atomic E-state index is -0.126. The Morgan fingerprint density at radius 3 is 2.75 bits per heavy atom. The molecule has 1 atom stereocenters. The summed E-state index contributed by atoms with van der Waals surface area (Å²) in [5.74, 6) is 0.697. The van der Waals surface area contributed by atoms with Crippen LogP contribution in [-0.2, 0) is 9.47 Å². The van der Waals surface area contributed by atoms with Crippen LogP contribution >= 0.6 is 0 Å². The normalized spacial score (nSPS) is 33.4. The predicted octanol–water partition coefficient (Wildman–Crippen LogP) is 2.06. The van der Waals surface area contributed by atoms with Crippen LogP contribution in [0, 0.1) is 11.3 Å². The minimum Gasteiger partial charge on any atom is -0.450 e. The monoisotopic (exact) mass is 392 g/mol. The number of carbonyl (C=O) groups is 1. The summed E-state index contributed by atoms with van der Waals surface area (Å²) in [6.45, 7) is 8.22. The van der Waals surface area contributed by atoms with Crippen molar-refractivity contribution in [3.05, 3.63) is 12.4 Å². The Labute approximate surface area is 169 Å². The van der Waals surface area contributed by atoms with Crippen LogP contribution in [0.3, 0.4) is 0 Å². The fourth-order valence-electron chi connectivity index (χ4n) is 5.68. The maximum Gasteiger partial charge on any atom is 0.409 e. The summed E-state index contributed by atoms with van der Waals surface area (Å²) in [6, 6.07) is 0.711. The van der Waals surface area contributed by atoms with E-state index in [-0.39, 0.29) is 6.09 Å². The van der Waals surface area contributed by atoms with Crippen LogP contribution < -0.4 is 5.32 Å². The Bertz CT molecular complexity index is 570. The molecule has 28 heavy (non-hydrogen) atoms. The van der Waals surface area contributed by atoms with Gasteiger partial charge in [0.05, 0.1) is 13.2 Å². The van der Waals surface area contributed by atoms with E-state index < -0.39 is 0 Å². The number of hydrogen-bond donors (Lipinski definition) is 1. The molecule has 0 aromatic carbocycles. The summed E-state index contributed by atoms with van der Waals surface area (Å²) >= 11 is 0.